The maximum atomic E-state index is 12.6. The minimum Gasteiger partial charge on any atom is -0.497 e. The van der Waals surface area contributed by atoms with Gasteiger partial charge in [0.1, 0.15) is 5.75 Å². The van der Waals surface area contributed by atoms with Crippen LogP contribution in [-0.2, 0) is 22.3 Å². The van der Waals surface area contributed by atoms with Gasteiger partial charge in [0.2, 0.25) is 16.8 Å². The summed E-state index contributed by atoms with van der Waals surface area (Å²) in [5, 5.41) is 0. The Kier molecular flexibility index (Phi) is 4.64. The van der Waals surface area contributed by atoms with E-state index in [2.05, 4.69) is 0 Å². The lowest BCUT2D eigenvalue weighted by Crippen LogP contribution is -2.27. The molecule has 0 amide bonds. The van der Waals surface area contributed by atoms with Gasteiger partial charge >= 0.3 is 0 Å². The van der Waals surface area contributed by atoms with Gasteiger partial charge in [0.15, 0.2) is 11.5 Å². The van der Waals surface area contributed by atoms with Crippen molar-refractivity contribution >= 4 is 10.0 Å². The molecule has 0 bridgehead atoms. The molecule has 0 saturated carbocycles. The van der Waals surface area contributed by atoms with Crippen molar-refractivity contribution in [3.05, 3.63) is 53.6 Å². The molecule has 0 spiro atoms. The molecule has 0 radical (unpaired) electrons. The van der Waals surface area contributed by atoms with Gasteiger partial charge < -0.3 is 14.2 Å². The monoisotopic (exact) mass is 349 g/mol. The van der Waals surface area contributed by atoms with Crippen LogP contribution in [0.25, 0.3) is 0 Å². The highest BCUT2D eigenvalue weighted by molar-refractivity contribution is 7.88. The van der Waals surface area contributed by atoms with Crippen molar-refractivity contribution in [2.45, 2.75) is 12.3 Å². The molecule has 1 aliphatic heterocycles. The molecule has 0 aliphatic carbocycles. The minimum absolute atomic E-state index is 0.0781. The molecule has 2 aromatic rings. The van der Waals surface area contributed by atoms with Crippen LogP contribution in [-0.4, -0.2) is 33.7 Å². The van der Waals surface area contributed by atoms with Gasteiger partial charge in [0.25, 0.3) is 0 Å². The molecule has 0 fully saturated rings. The van der Waals surface area contributed by atoms with E-state index in [1.54, 1.807) is 50.6 Å². The third kappa shape index (κ3) is 3.63. The average Bonchev–Trinajstić information content (AvgIpc) is 3.02. The summed E-state index contributed by atoms with van der Waals surface area (Å²) < 4.78 is 42.2. The number of fused-ring (bicyclic) bond motifs is 1. The quantitative estimate of drug-likeness (QED) is 0.801. The highest BCUT2D eigenvalue weighted by Crippen LogP contribution is 2.33. The van der Waals surface area contributed by atoms with Crippen molar-refractivity contribution < 1.29 is 22.6 Å². The summed E-state index contributed by atoms with van der Waals surface area (Å²) in [5.41, 5.74) is 1.53. The number of hydrogen-bond donors (Lipinski definition) is 0. The molecule has 24 heavy (non-hydrogen) atoms. The Hall–Kier alpha value is -2.25. The Labute approximate surface area is 141 Å². The summed E-state index contributed by atoms with van der Waals surface area (Å²) in [6, 6.07) is 12.5. The molecule has 0 atom stereocenters. The van der Waals surface area contributed by atoms with E-state index in [4.69, 9.17) is 14.2 Å². The number of hydrogen-bond acceptors (Lipinski definition) is 5. The first-order valence-corrected chi connectivity index (χ1v) is 9.04. The summed E-state index contributed by atoms with van der Waals surface area (Å²) in [4.78, 5) is 0. The van der Waals surface area contributed by atoms with Crippen LogP contribution in [0.5, 0.6) is 17.2 Å². The van der Waals surface area contributed by atoms with Gasteiger partial charge in [-0.1, -0.05) is 18.2 Å². The van der Waals surface area contributed by atoms with E-state index in [1.807, 2.05) is 6.07 Å². The predicted molar refractivity (Wildman–Crippen MR) is 89.6 cm³/mol. The summed E-state index contributed by atoms with van der Waals surface area (Å²) >= 11 is 0. The topological polar surface area (TPSA) is 65.1 Å². The lowest BCUT2D eigenvalue weighted by Gasteiger charge is -2.17. The Balaban J connectivity index is 1.72. The van der Waals surface area contributed by atoms with Crippen LogP contribution in [0, 0.1) is 0 Å². The normalized spacial score (nSPS) is 13.3. The second-order valence-electron chi connectivity index (χ2n) is 5.55. The van der Waals surface area contributed by atoms with Crippen LogP contribution in [0.15, 0.2) is 42.5 Å². The largest absolute Gasteiger partial charge is 0.497 e. The zero-order chi connectivity index (χ0) is 17.2. The molecule has 1 heterocycles. The van der Waals surface area contributed by atoms with E-state index in [-0.39, 0.29) is 19.1 Å². The first-order valence-electron chi connectivity index (χ1n) is 7.43. The van der Waals surface area contributed by atoms with Crippen molar-refractivity contribution in [2.75, 3.05) is 21.0 Å². The standard InChI is InChI=1S/C17H19NO5S/c1-18(10-13-6-7-16-17(9-13)23-12-22-16)24(19,20)11-14-4-3-5-15(8-14)21-2/h3-9H,10-12H2,1-2H3. The molecule has 0 unspecified atom stereocenters. The Bertz CT molecular complexity index is 835. The molecule has 6 nitrogen and oxygen atoms in total. The van der Waals surface area contributed by atoms with Gasteiger partial charge in [0, 0.05) is 13.6 Å². The summed E-state index contributed by atoms with van der Waals surface area (Å²) in [5.74, 6) is 1.89. The van der Waals surface area contributed by atoms with Crippen molar-refractivity contribution in [3.8, 4) is 17.2 Å². The maximum absolute atomic E-state index is 12.6. The van der Waals surface area contributed by atoms with Gasteiger partial charge in [-0.15, -0.1) is 0 Å². The highest BCUT2D eigenvalue weighted by atomic mass is 32.2. The number of benzene rings is 2. The third-order valence-electron chi connectivity index (χ3n) is 3.80. The fraction of sp³-hybridized carbons (Fsp3) is 0.294. The number of sulfonamides is 1. The molecule has 1 aliphatic rings. The summed E-state index contributed by atoms with van der Waals surface area (Å²) in [6.07, 6.45) is 0. The van der Waals surface area contributed by atoms with Gasteiger partial charge in [-0.3, -0.25) is 0 Å². The van der Waals surface area contributed by atoms with E-state index in [1.165, 1.54) is 4.31 Å². The van der Waals surface area contributed by atoms with E-state index in [0.29, 0.717) is 22.8 Å². The molecule has 0 aromatic heterocycles. The van der Waals surface area contributed by atoms with E-state index >= 15 is 0 Å². The van der Waals surface area contributed by atoms with Crippen molar-refractivity contribution in [1.82, 2.24) is 4.31 Å². The molecule has 128 valence electrons. The van der Waals surface area contributed by atoms with Crippen LogP contribution in [0.1, 0.15) is 11.1 Å². The summed E-state index contributed by atoms with van der Waals surface area (Å²) in [6.45, 7) is 0.464. The summed E-state index contributed by atoms with van der Waals surface area (Å²) in [7, 11) is -0.320. The fourth-order valence-electron chi connectivity index (χ4n) is 2.48. The Morgan fingerprint density at radius 2 is 1.88 bits per heavy atom. The smallest absolute Gasteiger partial charge is 0.231 e. The van der Waals surface area contributed by atoms with Crippen molar-refractivity contribution in [2.24, 2.45) is 0 Å². The first kappa shape index (κ1) is 16.6. The van der Waals surface area contributed by atoms with Crippen LogP contribution >= 0.6 is 0 Å². The lowest BCUT2D eigenvalue weighted by molar-refractivity contribution is 0.174. The Morgan fingerprint density at radius 1 is 1.08 bits per heavy atom. The molecule has 2 aromatic carbocycles. The molecule has 7 heteroatoms. The predicted octanol–water partition coefficient (Wildman–Crippen LogP) is 2.39. The molecule has 3 rings (SSSR count). The van der Waals surface area contributed by atoms with Crippen LogP contribution < -0.4 is 14.2 Å². The maximum Gasteiger partial charge on any atom is 0.231 e. The number of methoxy groups -OCH3 is 1. The molecule has 0 saturated heterocycles. The number of ether oxygens (including phenoxy) is 3. The second-order valence-corrected chi connectivity index (χ2v) is 7.63. The van der Waals surface area contributed by atoms with Gasteiger partial charge in [-0.05, 0) is 35.4 Å². The SMILES string of the molecule is COc1cccc(CS(=O)(=O)N(C)Cc2ccc3c(c2)OCO3)c1. The number of nitrogens with zero attached hydrogens (tertiary/aromatic N) is 1. The van der Waals surface area contributed by atoms with E-state index in [0.717, 1.165) is 5.56 Å². The van der Waals surface area contributed by atoms with E-state index < -0.39 is 10.0 Å². The molecular weight excluding hydrogens is 330 g/mol. The first-order chi connectivity index (χ1) is 11.5. The number of rotatable bonds is 6. The van der Waals surface area contributed by atoms with E-state index in [9.17, 15) is 8.42 Å². The minimum atomic E-state index is -3.44. The van der Waals surface area contributed by atoms with Crippen molar-refractivity contribution in [3.63, 3.8) is 0 Å². The second kappa shape index (κ2) is 6.70. The average molecular weight is 349 g/mol. The lowest BCUT2D eigenvalue weighted by atomic mass is 10.2. The van der Waals surface area contributed by atoms with Gasteiger partial charge in [-0.25, -0.2) is 12.7 Å². The fourth-order valence-corrected chi connectivity index (χ4v) is 3.64. The zero-order valence-corrected chi connectivity index (χ0v) is 14.4. The van der Waals surface area contributed by atoms with Crippen molar-refractivity contribution in [1.29, 1.82) is 0 Å². The molecular formula is C17H19NO5S. The van der Waals surface area contributed by atoms with Crippen LogP contribution in [0.3, 0.4) is 0 Å². The third-order valence-corrected chi connectivity index (χ3v) is 5.58. The molecule has 0 N–H and O–H groups in total. The van der Waals surface area contributed by atoms with Gasteiger partial charge in [0.05, 0.1) is 12.9 Å². The van der Waals surface area contributed by atoms with Gasteiger partial charge in [-0.2, -0.15) is 0 Å². The van der Waals surface area contributed by atoms with Crippen LogP contribution in [0.4, 0.5) is 0 Å². The highest BCUT2D eigenvalue weighted by Gasteiger charge is 2.20. The zero-order valence-electron chi connectivity index (χ0n) is 13.6. The Morgan fingerprint density at radius 3 is 2.67 bits per heavy atom. The van der Waals surface area contributed by atoms with Crippen LogP contribution in [0.2, 0.25) is 0 Å².